The van der Waals surface area contributed by atoms with Gasteiger partial charge in [-0.1, -0.05) is 60.1 Å². The summed E-state index contributed by atoms with van der Waals surface area (Å²) in [4.78, 5) is 31.9. The van der Waals surface area contributed by atoms with E-state index < -0.39 is 6.04 Å². The van der Waals surface area contributed by atoms with Gasteiger partial charge in [0.15, 0.2) is 0 Å². The number of halogens is 1. The Morgan fingerprint density at radius 3 is 2.55 bits per heavy atom. The highest BCUT2D eigenvalue weighted by molar-refractivity contribution is 6.33. The minimum atomic E-state index is -0.602. The fourth-order valence-electron chi connectivity index (χ4n) is 3.48. The zero-order valence-corrected chi connectivity index (χ0v) is 16.5. The van der Waals surface area contributed by atoms with E-state index in [0.717, 1.165) is 12.0 Å². The van der Waals surface area contributed by atoms with Gasteiger partial charge in [-0.25, -0.2) is 4.98 Å². The summed E-state index contributed by atoms with van der Waals surface area (Å²) in [6.45, 7) is 0.580. The normalized spacial score (nSPS) is 16.5. The van der Waals surface area contributed by atoms with Crippen LogP contribution in [0.15, 0.2) is 72.8 Å². The second kappa shape index (κ2) is 8.45. The number of para-hydroxylation sites is 1. The van der Waals surface area contributed by atoms with Crippen molar-refractivity contribution in [1.29, 1.82) is 0 Å². The van der Waals surface area contributed by atoms with Crippen LogP contribution in [0.4, 0.5) is 5.69 Å². The first kappa shape index (κ1) is 19.2. The van der Waals surface area contributed by atoms with Crippen molar-refractivity contribution in [1.82, 2.24) is 10.3 Å². The summed E-state index contributed by atoms with van der Waals surface area (Å²) in [7, 11) is 0. The number of piperidine rings is 1. The first-order valence-corrected chi connectivity index (χ1v) is 9.90. The molecular formula is C23H20ClN3O2. The van der Waals surface area contributed by atoms with E-state index in [4.69, 9.17) is 11.6 Å². The number of anilines is 1. The van der Waals surface area contributed by atoms with Gasteiger partial charge in [0.25, 0.3) is 5.91 Å². The van der Waals surface area contributed by atoms with Crippen molar-refractivity contribution >= 4 is 29.1 Å². The molecule has 0 saturated carbocycles. The molecule has 1 aliphatic heterocycles. The third-order valence-electron chi connectivity index (χ3n) is 4.94. The molecule has 146 valence electrons. The maximum Gasteiger partial charge on any atom is 0.270 e. The summed E-state index contributed by atoms with van der Waals surface area (Å²) in [5.74, 6) is -0.515. The molecule has 0 radical (unpaired) electrons. The Balaban J connectivity index is 1.51. The molecule has 1 aromatic heterocycles. The van der Waals surface area contributed by atoms with Gasteiger partial charge in [-0.05, 0) is 37.1 Å². The number of nitrogens with one attached hydrogen (secondary N) is 1. The Morgan fingerprint density at radius 1 is 1.00 bits per heavy atom. The van der Waals surface area contributed by atoms with Gasteiger partial charge in [0, 0.05) is 12.1 Å². The van der Waals surface area contributed by atoms with Crippen LogP contribution in [0, 0.1) is 0 Å². The first-order chi connectivity index (χ1) is 14.1. The van der Waals surface area contributed by atoms with Crippen LogP contribution < -0.4 is 10.2 Å². The van der Waals surface area contributed by atoms with E-state index in [2.05, 4.69) is 10.3 Å². The molecule has 1 atom stereocenters. The minimum Gasteiger partial charge on any atom is -0.339 e. The van der Waals surface area contributed by atoms with Crippen LogP contribution in [0.1, 0.15) is 23.3 Å². The molecule has 1 unspecified atom stereocenters. The van der Waals surface area contributed by atoms with Crippen LogP contribution in [0.3, 0.4) is 0 Å². The molecule has 4 rings (SSSR count). The molecule has 6 heteroatoms. The van der Waals surface area contributed by atoms with E-state index in [1.54, 1.807) is 23.1 Å². The number of hydrogen-bond donors (Lipinski definition) is 1. The van der Waals surface area contributed by atoms with Crippen molar-refractivity contribution < 1.29 is 9.59 Å². The fourth-order valence-corrected chi connectivity index (χ4v) is 3.72. The summed E-state index contributed by atoms with van der Waals surface area (Å²) >= 11 is 6.26. The van der Waals surface area contributed by atoms with Crippen molar-refractivity contribution in [2.45, 2.75) is 18.9 Å². The summed E-state index contributed by atoms with van der Waals surface area (Å²) in [5, 5.41) is 3.37. The van der Waals surface area contributed by atoms with Crippen LogP contribution in [0.25, 0.3) is 11.3 Å². The quantitative estimate of drug-likeness (QED) is 0.702. The summed E-state index contributed by atoms with van der Waals surface area (Å²) in [6, 6.07) is 21.6. The third-order valence-corrected chi connectivity index (χ3v) is 5.26. The lowest BCUT2D eigenvalue weighted by Crippen LogP contribution is -2.52. The van der Waals surface area contributed by atoms with E-state index in [0.29, 0.717) is 29.4 Å². The van der Waals surface area contributed by atoms with Crippen molar-refractivity contribution in [3.8, 4) is 11.3 Å². The average Bonchev–Trinajstić information content (AvgIpc) is 2.76. The molecule has 0 spiro atoms. The third kappa shape index (κ3) is 4.15. The Bertz CT molecular complexity index is 1040. The van der Waals surface area contributed by atoms with Gasteiger partial charge in [0.05, 0.1) is 16.4 Å². The highest BCUT2D eigenvalue weighted by Gasteiger charge is 2.32. The molecule has 1 saturated heterocycles. The van der Waals surface area contributed by atoms with E-state index >= 15 is 0 Å². The summed E-state index contributed by atoms with van der Waals surface area (Å²) < 4.78 is 0. The number of nitrogens with zero attached hydrogens (tertiary/aromatic N) is 2. The van der Waals surface area contributed by atoms with Crippen molar-refractivity contribution in [3.63, 3.8) is 0 Å². The zero-order valence-electron chi connectivity index (χ0n) is 15.7. The molecule has 3 aromatic rings. The number of pyridine rings is 1. The standard InChI is InChI=1S/C23H20ClN3O2/c24-17-10-4-5-14-21(17)27-15-7-13-20(23(27)29)26-22(28)19-12-6-11-18(25-19)16-8-2-1-3-9-16/h1-6,8-12,14,20H,7,13,15H2,(H,26,28). The van der Waals surface area contributed by atoms with Gasteiger partial charge in [0.2, 0.25) is 5.91 Å². The predicted octanol–water partition coefficient (Wildman–Crippen LogP) is 4.33. The smallest absolute Gasteiger partial charge is 0.270 e. The van der Waals surface area contributed by atoms with Gasteiger partial charge >= 0.3 is 0 Å². The number of amides is 2. The lowest BCUT2D eigenvalue weighted by atomic mass is 10.0. The maximum absolute atomic E-state index is 13.0. The number of carbonyl (C=O) groups is 2. The van der Waals surface area contributed by atoms with E-state index in [1.807, 2.05) is 54.6 Å². The van der Waals surface area contributed by atoms with Crippen LogP contribution in [0.5, 0.6) is 0 Å². The van der Waals surface area contributed by atoms with Crippen LogP contribution >= 0.6 is 11.6 Å². The van der Waals surface area contributed by atoms with Gasteiger partial charge in [0.1, 0.15) is 11.7 Å². The van der Waals surface area contributed by atoms with Crippen LogP contribution in [-0.2, 0) is 4.79 Å². The van der Waals surface area contributed by atoms with Gasteiger partial charge in [-0.15, -0.1) is 0 Å². The lowest BCUT2D eigenvalue weighted by Gasteiger charge is -2.33. The number of hydrogen-bond acceptors (Lipinski definition) is 3. The predicted molar refractivity (Wildman–Crippen MR) is 114 cm³/mol. The molecule has 1 aliphatic rings. The maximum atomic E-state index is 13.0. The van der Waals surface area contributed by atoms with Gasteiger partial charge < -0.3 is 10.2 Å². The first-order valence-electron chi connectivity index (χ1n) is 9.53. The van der Waals surface area contributed by atoms with E-state index in [9.17, 15) is 9.59 Å². The van der Waals surface area contributed by atoms with Crippen LogP contribution in [-0.4, -0.2) is 29.4 Å². The van der Waals surface area contributed by atoms with Crippen molar-refractivity contribution in [2.24, 2.45) is 0 Å². The Hall–Kier alpha value is -3.18. The molecule has 1 N–H and O–H groups in total. The Kier molecular flexibility index (Phi) is 5.58. The molecule has 1 fully saturated rings. The van der Waals surface area contributed by atoms with Crippen molar-refractivity contribution in [2.75, 3.05) is 11.4 Å². The molecule has 0 aliphatic carbocycles. The highest BCUT2D eigenvalue weighted by atomic mass is 35.5. The molecule has 5 nitrogen and oxygen atoms in total. The van der Waals surface area contributed by atoms with E-state index in [1.165, 1.54) is 0 Å². The SMILES string of the molecule is O=C(NC1CCCN(c2ccccc2Cl)C1=O)c1cccc(-c2ccccc2)n1. The van der Waals surface area contributed by atoms with Crippen molar-refractivity contribution in [3.05, 3.63) is 83.5 Å². The van der Waals surface area contributed by atoms with E-state index in [-0.39, 0.29) is 17.5 Å². The number of benzene rings is 2. The number of aromatic nitrogens is 1. The second-order valence-electron chi connectivity index (χ2n) is 6.88. The summed E-state index contributed by atoms with van der Waals surface area (Å²) in [6.07, 6.45) is 1.36. The molecule has 29 heavy (non-hydrogen) atoms. The average molecular weight is 406 g/mol. The molecule has 2 heterocycles. The topological polar surface area (TPSA) is 62.3 Å². The van der Waals surface area contributed by atoms with Crippen LogP contribution in [0.2, 0.25) is 5.02 Å². The van der Waals surface area contributed by atoms with Gasteiger partial charge in [-0.2, -0.15) is 0 Å². The number of carbonyl (C=O) groups excluding carboxylic acids is 2. The lowest BCUT2D eigenvalue weighted by molar-refractivity contribution is -0.121. The largest absolute Gasteiger partial charge is 0.339 e. The zero-order chi connectivity index (χ0) is 20.2. The molecule has 2 aromatic carbocycles. The molecular weight excluding hydrogens is 386 g/mol. The summed E-state index contributed by atoms with van der Waals surface area (Å²) in [5.41, 5.74) is 2.60. The fraction of sp³-hybridized carbons (Fsp3) is 0.174. The minimum absolute atomic E-state index is 0.156. The molecule has 0 bridgehead atoms. The highest BCUT2D eigenvalue weighted by Crippen LogP contribution is 2.28. The number of rotatable bonds is 4. The monoisotopic (exact) mass is 405 g/mol. The Labute approximate surface area is 174 Å². The van der Waals surface area contributed by atoms with Gasteiger partial charge in [-0.3, -0.25) is 9.59 Å². The second-order valence-corrected chi connectivity index (χ2v) is 7.29. The molecule has 2 amide bonds. The Morgan fingerprint density at radius 2 is 1.76 bits per heavy atom.